The molecule has 0 amide bonds. The van der Waals surface area contributed by atoms with Crippen molar-refractivity contribution in [1.82, 2.24) is 5.32 Å². The van der Waals surface area contributed by atoms with Gasteiger partial charge in [-0.05, 0) is 30.5 Å². The first-order chi connectivity index (χ1) is 7.63. The Hall–Kier alpha value is -0.380. The van der Waals surface area contributed by atoms with Gasteiger partial charge in [-0.25, -0.2) is 0 Å². The van der Waals surface area contributed by atoms with E-state index in [9.17, 15) is 5.11 Å². The van der Waals surface area contributed by atoms with Crippen molar-refractivity contribution in [2.24, 2.45) is 0 Å². The minimum Gasteiger partial charge on any atom is -0.392 e. The fourth-order valence-electron chi connectivity index (χ4n) is 1.64. The van der Waals surface area contributed by atoms with Gasteiger partial charge in [-0.15, -0.1) is 0 Å². The van der Waals surface area contributed by atoms with Crippen LogP contribution >= 0.6 is 15.9 Å². The molecule has 0 spiro atoms. The van der Waals surface area contributed by atoms with E-state index < -0.39 is 0 Å². The molecule has 0 aliphatic carbocycles. The second kappa shape index (κ2) is 7.05. The molecule has 0 saturated carbocycles. The highest BCUT2D eigenvalue weighted by molar-refractivity contribution is 9.10. The first-order valence-electron chi connectivity index (χ1n) is 5.77. The molecule has 0 aromatic heterocycles. The summed E-state index contributed by atoms with van der Waals surface area (Å²) >= 11 is 3.48. The molecule has 2 N–H and O–H groups in total. The van der Waals surface area contributed by atoms with Gasteiger partial charge in [-0.2, -0.15) is 0 Å². The number of aryl methyl sites for hydroxylation is 1. The van der Waals surface area contributed by atoms with Gasteiger partial charge in [0.05, 0.1) is 6.10 Å². The van der Waals surface area contributed by atoms with Crippen molar-refractivity contribution in [3.63, 3.8) is 0 Å². The van der Waals surface area contributed by atoms with Gasteiger partial charge in [0, 0.05) is 17.6 Å². The molecular formula is C13H20BrNO. The molecular weight excluding hydrogens is 266 g/mol. The third-order valence-electron chi connectivity index (χ3n) is 2.55. The molecule has 1 aromatic rings. The van der Waals surface area contributed by atoms with Crippen LogP contribution in [0.5, 0.6) is 0 Å². The van der Waals surface area contributed by atoms with Crippen molar-refractivity contribution in [2.75, 3.05) is 6.54 Å². The zero-order valence-corrected chi connectivity index (χ0v) is 11.5. The van der Waals surface area contributed by atoms with Crippen LogP contribution in [0.4, 0.5) is 0 Å². The maximum Gasteiger partial charge on any atom is 0.0664 e. The molecule has 3 heteroatoms. The first kappa shape index (κ1) is 13.7. The predicted octanol–water partition coefficient (Wildman–Crippen LogP) is 3.01. The maximum absolute atomic E-state index is 9.56. The summed E-state index contributed by atoms with van der Waals surface area (Å²) in [6.07, 6.45) is 1.67. The third-order valence-corrected chi connectivity index (χ3v) is 3.44. The molecule has 1 unspecified atom stereocenters. The van der Waals surface area contributed by atoms with E-state index in [2.05, 4.69) is 53.3 Å². The van der Waals surface area contributed by atoms with Gasteiger partial charge in [0.15, 0.2) is 0 Å². The van der Waals surface area contributed by atoms with Gasteiger partial charge in [0.1, 0.15) is 0 Å². The number of rotatable bonds is 6. The number of benzene rings is 1. The van der Waals surface area contributed by atoms with Crippen LogP contribution < -0.4 is 5.32 Å². The van der Waals surface area contributed by atoms with Crippen molar-refractivity contribution >= 4 is 15.9 Å². The molecule has 0 aliphatic rings. The monoisotopic (exact) mass is 285 g/mol. The fraction of sp³-hybridized carbons (Fsp3) is 0.538. The average Bonchev–Trinajstić information content (AvgIpc) is 2.24. The van der Waals surface area contributed by atoms with Gasteiger partial charge in [-0.3, -0.25) is 0 Å². The third kappa shape index (κ3) is 4.64. The minimum absolute atomic E-state index is 0.221. The molecule has 90 valence electrons. The molecule has 2 nitrogen and oxygen atoms in total. The summed E-state index contributed by atoms with van der Waals surface area (Å²) in [4.78, 5) is 0. The van der Waals surface area contributed by atoms with E-state index in [-0.39, 0.29) is 6.10 Å². The predicted molar refractivity (Wildman–Crippen MR) is 71.5 cm³/mol. The smallest absolute Gasteiger partial charge is 0.0664 e. The normalized spacial score (nSPS) is 12.8. The second-order valence-electron chi connectivity index (χ2n) is 4.16. The van der Waals surface area contributed by atoms with Crippen molar-refractivity contribution < 1.29 is 5.11 Å². The van der Waals surface area contributed by atoms with E-state index in [0.717, 1.165) is 23.9 Å². The van der Waals surface area contributed by atoms with Gasteiger partial charge in [-0.1, -0.05) is 41.4 Å². The Morgan fingerprint density at radius 3 is 2.81 bits per heavy atom. The van der Waals surface area contributed by atoms with Gasteiger partial charge < -0.3 is 10.4 Å². The van der Waals surface area contributed by atoms with Crippen LogP contribution in [0.15, 0.2) is 22.7 Å². The molecule has 1 atom stereocenters. The highest BCUT2D eigenvalue weighted by Gasteiger charge is 2.02. The summed E-state index contributed by atoms with van der Waals surface area (Å²) in [6.45, 7) is 5.65. The van der Waals surface area contributed by atoms with Gasteiger partial charge >= 0.3 is 0 Å². The average molecular weight is 286 g/mol. The zero-order valence-electron chi connectivity index (χ0n) is 9.96. The minimum atomic E-state index is -0.221. The first-order valence-corrected chi connectivity index (χ1v) is 6.56. The molecule has 0 aliphatic heterocycles. The Kier molecular flexibility index (Phi) is 6.03. The largest absolute Gasteiger partial charge is 0.392 e. The standard InChI is InChI=1S/C13H20BrNO/c1-3-4-12(16)9-15-8-11-5-6-13(14)10(2)7-11/h5-7,12,15-16H,3-4,8-9H2,1-2H3. The van der Waals surface area contributed by atoms with Crippen molar-refractivity contribution in [2.45, 2.75) is 39.3 Å². The summed E-state index contributed by atoms with van der Waals surface area (Å²) in [5, 5.41) is 12.8. The van der Waals surface area contributed by atoms with Crippen molar-refractivity contribution in [3.05, 3.63) is 33.8 Å². The molecule has 0 saturated heterocycles. The lowest BCUT2D eigenvalue weighted by Crippen LogP contribution is -2.26. The number of halogens is 1. The topological polar surface area (TPSA) is 32.3 Å². The number of aliphatic hydroxyl groups is 1. The van der Waals surface area contributed by atoms with Gasteiger partial charge in [0.2, 0.25) is 0 Å². The lowest BCUT2D eigenvalue weighted by Gasteiger charge is -2.11. The lowest BCUT2D eigenvalue weighted by atomic mass is 10.1. The van der Waals surface area contributed by atoms with E-state index >= 15 is 0 Å². The highest BCUT2D eigenvalue weighted by atomic mass is 79.9. The van der Waals surface area contributed by atoms with Crippen molar-refractivity contribution in [1.29, 1.82) is 0 Å². The number of aliphatic hydroxyl groups excluding tert-OH is 1. The van der Waals surface area contributed by atoms with E-state index in [0.29, 0.717) is 6.54 Å². The summed E-state index contributed by atoms with van der Waals surface area (Å²) in [5.41, 5.74) is 2.50. The molecule has 16 heavy (non-hydrogen) atoms. The summed E-state index contributed by atoms with van der Waals surface area (Å²) < 4.78 is 1.14. The molecule has 0 radical (unpaired) electrons. The molecule has 0 fully saturated rings. The Morgan fingerprint density at radius 1 is 1.44 bits per heavy atom. The van der Waals surface area contributed by atoms with E-state index in [1.165, 1.54) is 11.1 Å². The zero-order chi connectivity index (χ0) is 12.0. The van der Waals surface area contributed by atoms with Crippen molar-refractivity contribution in [3.8, 4) is 0 Å². The number of hydrogen-bond acceptors (Lipinski definition) is 2. The van der Waals surface area contributed by atoms with E-state index in [4.69, 9.17) is 0 Å². The Balaban J connectivity index is 2.34. The van der Waals surface area contributed by atoms with Gasteiger partial charge in [0.25, 0.3) is 0 Å². The Bertz CT molecular complexity index is 328. The lowest BCUT2D eigenvalue weighted by molar-refractivity contribution is 0.160. The van der Waals surface area contributed by atoms with E-state index in [1.807, 2.05) is 0 Å². The Morgan fingerprint density at radius 2 is 2.19 bits per heavy atom. The molecule has 0 bridgehead atoms. The molecule has 1 aromatic carbocycles. The number of hydrogen-bond donors (Lipinski definition) is 2. The van der Waals surface area contributed by atoms with Crippen LogP contribution in [0.3, 0.4) is 0 Å². The van der Waals surface area contributed by atoms with E-state index in [1.54, 1.807) is 0 Å². The van der Waals surface area contributed by atoms with Crippen LogP contribution in [0, 0.1) is 6.92 Å². The van der Waals surface area contributed by atoms with Crippen LogP contribution in [-0.2, 0) is 6.54 Å². The fourth-order valence-corrected chi connectivity index (χ4v) is 1.88. The summed E-state index contributed by atoms with van der Waals surface area (Å²) in [6, 6.07) is 6.31. The van der Waals surface area contributed by atoms with Crippen LogP contribution in [0.2, 0.25) is 0 Å². The SMILES string of the molecule is CCCC(O)CNCc1ccc(Br)c(C)c1. The van der Waals surface area contributed by atoms with Crippen LogP contribution in [0.25, 0.3) is 0 Å². The maximum atomic E-state index is 9.56. The van der Waals surface area contributed by atoms with Crippen LogP contribution in [-0.4, -0.2) is 17.8 Å². The molecule has 0 heterocycles. The van der Waals surface area contributed by atoms with Crippen LogP contribution in [0.1, 0.15) is 30.9 Å². The quantitative estimate of drug-likeness (QED) is 0.842. The second-order valence-corrected chi connectivity index (χ2v) is 5.01. The highest BCUT2D eigenvalue weighted by Crippen LogP contribution is 2.16. The summed E-state index contributed by atoms with van der Waals surface area (Å²) in [5.74, 6) is 0. The Labute approximate surface area is 106 Å². The molecule has 1 rings (SSSR count). The number of nitrogens with one attached hydrogen (secondary N) is 1. The summed E-state index contributed by atoms with van der Waals surface area (Å²) in [7, 11) is 0.